The van der Waals surface area contributed by atoms with E-state index in [4.69, 9.17) is 4.74 Å². The average Bonchev–Trinajstić information content (AvgIpc) is 3.70. The highest BCUT2D eigenvalue weighted by atomic mass is 32.1. The summed E-state index contributed by atoms with van der Waals surface area (Å²) in [5.74, 6) is -3.39. The molecule has 0 aliphatic carbocycles. The third-order valence-electron chi connectivity index (χ3n) is 9.03. The van der Waals surface area contributed by atoms with E-state index >= 15 is 0 Å². The van der Waals surface area contributed by atoms with E-state index in [9.17, 15) is 29.1 Å². The molecule has 7 rings (SSSR count). The van der Waals surface area contributed by atoms with Crippen molar-refractivity contribution in [2.24, 2.45) is 0 Å². The van der Waals surface area contributed by atoms with Crippen LogP contribution in [0.1, 0.15) is 21.6 Å². The zero-order chi connectivity index (χ0) is 37.9. The van der Waals surface area contributed by atoms with Crippen molar-refractivity contribution < 1.29 is 33.8 Å². The monoisotopic (exact) mass is 744 g/mol. The van der Waals surface area contributed by atoms with Crippen LogP contribution in [-0.4, -0.2) is 65.5 Å². The number of amides is 4. The smallest absolute Gasteiger partial charge is 0.326 e. The van der Waals surface area contributed by atoms with Gasteiger partial charge in [0, 0.05) is 30.6 Å². The molecule has 4 atom stereocenters. The first kappa shape index (κ1) is 37.5. The first-order valence-electron chi connectivity index (χ1n) is 17.6. The Balaban J connectivity index is 1.34. The predicted octanol–water partition coefficient (Wildman–Crippen LogP) is 4.10. The van der Waals surface area contributed by atoms with Gasteiger partial charge in [-0.3, -0.25) is 19.2 Å². The number of carboxylic acids is 1. The lowest BCUT2D eigenvalue weighted by molar-refractivity contribution is -0.142. The molecule has 2 aliphatic heterocycles. The van der Waals surface area contributed by atoms with E-state index in [1.54, 1.807) is 48.5 Å². The fourth-order valence-electron chi connectivity index (χ4n) is 6.17. The largest absolute Gasteiger partial charge is 0.484 e. The van der Waals surface area contributed by atoms with Crippen LogP contribution in [0, 0.1) is 0 Å². The Morgan fingerprint density at radius 1 is 0.611 bits per heavy atom. The molecule has 0 fully saturated rings. The topological polar surface area (TPSA) is 163 Å². The van der Waals surface area contributed by atoms with Crippen molar-refractivity contribution in [3.63, 3.8) is 0 Å². The summed E-state index contributed by atoms with van der Waals surface area (Å²) in [6.45, 7) is -0.389. The van der Waals surface area contributed by atoms with Gasteiger partial charge >= 0.3 is 5.97 Å². The Morgan fingerprint density at radius 2 is 1.17 bits per heavy atom. The van der Waals surface area contributed by atoms with Crippen molar-refractivity contribution in [2.75, 3.05) is 6.61 Å². The molecule has 1 aromatic heterocycles. The van der Waals surface area contributed by atoms with E-state index in [1.807, 2.05) is 78.2 Å². The number of ether oxygens (including phenoxy) is 1. The van der Waals surface area contributed by atoms with Crippen molar-refractivity contribution in [3.05, 3.63) is 148 Å². The predicted molar refractivity (Wildman–Crippen MR) is 205 cm³/mol. The third kappa shape index (κ3) is 10.4. The fourth-order valence-corrected chi connectivity index (χ4v) is 6.92. The number of carbonyl (C=O) groups is 5. The molecule has 3 heterocycles. The zero-order valence-electron chi connectivity index (χ0n) is 29.3. The Bertz CT molecular complexity index is 2040. The fraction of sp³-hybridized carbons (Fsp3) is 0.214. The van der Waals surface area contributed by atoms with Gasteiger partial charge in [-0.1, -0.05) is 103 Å². The number of aliphatic carboxylic acids is 1. The summed E-state index contributed by atoms with van der Waals surface area (Å²) in [5, 5.41) is 23.0. The molecule has 12 heteroatoms. The van der Waals surface area contributed by atoms with Gasteiger partial charge in [-0.05, 0) is 51.4 Å². The Hall–Kier alpha value is -6.27. The minimum atomic E-state index is -1.32. The minimum absolute atomic E-state index is 0.0457. The summed E-state index contributed by atoms with van der Waals surface area (Å²) in [5.41, 5.74) is 4.06. The second-order valence-corrected chi connectivity index (χ2v) is 14.1. The van der Waals surface area contributed by atoms with Gasteiger partial charge in [0.05, 0.1) is 0 Å². The van der Waals surface area contributed by atoms with Gasteiger partial charge in [-0.15, -0.1) is 11.3 Å². The summed E-state index contributed by atoms with van der Waals surface area (Å²) >= 11 is 1.43. The molecule has 0 spiro atoms. The van der Waals surface area contributed by atoms with E-state index in [2.05, 4.69) is 21.3 Å². The summed E-state index contributed by atoms with van der Waals surface area (Å²) < 4.78 is 5.68. The molecule has 5 aromatic rings. The first-order valence-corrected chi connectivity index (χ1v) is 18.4. The zero-order valence-corrected chi connectivity index (χ0v) is 30.1. The lowest BCUT2D eigenvalue weighted by Crippen LogP contribution is -2.59. The number of rotatable bonds is 8. The Kier molecular flexibility index (Phi) is 12.5. The highest BCUT2D eigenvalue weighted by Gasteiger charge is 2.32. The number of thiophene rings is 1. The van der Waals surface area contributed by atoms with Crippen LogP contribution in [0.3, 0.4) is 0 Å². The molecule has 276 valence electrons. The van der Waals surface area contributed by atoms with Crippen molar-refractivity contribution in [1.29, 1.82) is 0 Å². The summed E-state index contributed by atoms with van der Waals surface area (Å²) in [6, 6.07) is 31.9. The standard InChI is InChI=1S/C42H40N4O7S/c47-38-26-53-32-19-15-29(16-20-32)24-37(42(51)52)46-40(49)34(22-27-8-3-1-4-9-27)44-39(48)35(45-41(50)36(43-38)25-33-12-7-21-54-33)23-28-13-17-31(18-14-28)30-10-5-2-6-11-30/h1-21,34-37H,22-26H2,(H,43,47)(H,44,48)(H,45,50)(H,46,49)(H,51,52)/t34-,35+,36-,37+/m1/s1. The van der Waals surface area contributed by atoms with E-state index in [-0.39, 0.29) is 32.3 Å². The second kappa shape index (κ2) is 18.0. The van der Waals surface area contributed by atoms with Gasteiger partial charge in [0.25, 0.3) is 5.91 Å². The van der Waals surface area contributed by atoms with Crippen molar-refractivity contribution in [2.45, 2.75) is 49.9 Å². The van der Waals surface area contributed by atoms with Gasteiger partial charge in [0.2, 0.25) is 17.7 Å². The number of benzene rings is 4. The van der Waals surface area contributed by atoms with Crippen LogP contribution in [0.5, 0.6) is 5.75 Å². The molecule has 54 heavy (non-hydrogen) atoms. The molecule has 0 unspecified atom stereocenters. The molecule has 0 saturated heterocycles. The van der Waals surface area contributed by atoms with Crippen LogP contribution in [-0.2, 0) is 49.7 Å². The molecular formula is C42H40N4O7S. The maximum Gasteiger partial charge on any atom is 0.326 e. The maximum atomic E-state index is 14.3. The molecule has 4 amide bonds. The quantitative estimate of drug-likeness (QED) is 0.150. The van der Waals surface area contributed by atoms with Crippen molar-refractivity contribution >= 4 is 40.9 Å². The Morgan fingerprint density at radius 3 is 1.76 bits per heavy atom. The van der Waals surface area contributed by atoms with Crippen LogP contribution in [0.25, 0.3) is 11.1 Å². The van der Waals surface area contributed by atoms with Gasteiger partial charge in [0.15, 0.2) is 6.61 Å². The maximum absolute atomic E-state index is 14.3. The normalized spacial score (nSPS) is 19.9. The number of nitrogens with one attached hydrogen (secondary N) is 4. The number of hydrogen-bond donors (Lipinski definition) is 5. The molecule has 11 nitrogen and oxygen atoms in total. The van der Waals surface area contributed by atoms with Gasteiger partial charge in [0.1, 0.15) is 29.9 Å². The molecule has 5 N–H and O–H groups in total. The van der Waals surface area contributed by atoms with Gasteiger partial charge in [-0.2, -0.15) is 0 Å². The van der Waals surface area contributed by atoms with Crippen LogP contribution in [0.15, 0.2) is 127 Å². The van der Waals surface area contributed by atoms with Gasteiger partial charge in [-0.25, -0.2) is 4.79 Å². The minimum Gasteiger partial charge on any atom is -0.484 e. The van der Waals surface area contributed by atoms with E-state index in [0.29, 0.717) is 11.3 Å². The number of fused-ring (bicyclic) bond motifs is 16. The molecular weight excluding hydrogens is 705 g/mol. The molecule has 4 aromatic carbocycles. The van der Waals surface area contributed by atoms with Crippen LogP contribution in [0.2, 0.25) is 0 Å². The average molecular weight is 745 g/mol. The van der Waals surface area contributed by atoms with E-state index in [1.165, 1.54) is 11.3 Å². The number of carbonyl (C=O) groups excluding carboxylic acids is 4. The first-order chi connectivity index (χ1) is 26.2. The Labute approximate surface area is 316 Å². The van der Waals surface area contributed by atoms with Gasteiger partial charge < -0.3 is 31.1 Å². The molecule has 2 aliphatic rings. The van der Waals surface area contributed by atoms with E-state index in [0.717, 1.165) is 27.1 Å². The number of carboxylic acid groups (broad SMARTS) is 1. The molecule has 0 radical (unpaired) electrons. The summed E-state index contributed by atoms with van der Waals surface area (Å²) in [7, 11) is 0. The van der Waals surface area contributed by atoms with Crippen LogP contribution < -0.4 is 26.0 Å². The summed E-state index contributed by atoms with van der Waals surface area (Å²) in [4.78, 5) is 68.6. The SMILES string of the molecule is O=C1COc2ccc(cc2)C[C@@H](C(=O)O)NC(=O)[C@@H](Cc2ccccc2)NC(=O)[C@H](Cc2ccc(-c3ccccc3)cc2)NC(=O)[C@@H](Cc2cccs2)N1. The lowest BCUT2D eigenvalue weighted by Gasteiger charge is -2.26. The van der Waals surface area contributed by atoms with Crippen LogP contribution >= 0.6 is 11.3 Å². The number of hydrogen-bond acceptors (Lipinski definition) is 7. The molecule has 0 saturated carbocycles. The molecule has 2 bridgehead atoms. The van der Waals surface area contributed by atoms with Crippen molar-refractivity contribution in [1.82, 2.24) is 21.3 Å². The van der Waals surface area contributed by atoms with E-state index < -0.39 is 53.8 Å². The third-order valence-corrected chi connectivity index (χ3v) is 9.93. The summed E-state index contributed by atoms with van der Waals surface area (Å²) in [6.07, 6.45) is 0.233. The second-order valence-electron chi connectivity index (χ2n) is 13.0. The highest BCUT2D eigenvalue weighted by Crippen LogP contribution is 2.21. The van der Waals surface area contributed by atoms with Crippen LogP contribution in [0.4, 0.5) is 0 Å². The van der Waals surface area contributed by atoms with Crippen molar-refractivity contribution in [3.8, 4) is 16.9 Å². The lowest BCUT2D eigenvalue weighted by atomic mass is 9.99. The highest BCUT2D eigenvalue weighted by molar-refractivity contribution is 7.09.